The average Bonchev–Trinajstić information content (AvgIpc) is 3.01. The van der Waals surface area contributed by atoms with Gasteiger partial charge in [-0.3, -0.25) is 9.59 Å². The standard InChI is InChI=1S/C22H30N2O4/c25-20(23-13-3-1-2-4-14-23)11-12-21(26)24-15-5-6-19(16-24)17-7-9-18(10-8-17)22(27)28/h7-10,19H,1-6,11-16H2,(H,27,28)/t19-/m1/s1. The van der Waals surface area contributed by atoms with Crippen molar-refractivity contribution in [3.05, 3.63) is 35.4 Å². The number of benzene rings is 1. The van der Waals surface area contributed by atoms with E-state index in [1.54, 1.807) is 12.1 Å². The zero-order valence-electron chi connectivity index (χ0n) is 16.4. The van der Waals surface area contributed by atoms with Gasteiger partial charge in [0.15, 0.2) is 0 Å². The largest absolute Gasteiger partial charge is 0.478 e. The third-order valence-electron chi connectivity index (χ3n) is 5.91. The van der Waals surface area contributed by atoms with Gasteiger partial charge in [-0.2, -0.15) is 0 Å². The number of likely N-dealkylation sites (tertiary alicyclic amines) is 2. The van der Waals surface area contributed by atoms with Crippen molar-refractivity contribution in [1.82, 2.24) is 9.80 Å². The molecule has 2 heterocycles. The van der Waals surface area contributed by atoms with Crippen molar-refractivity contribution < 1.29 is 19.5 Å². The molecule has 0 bridgehead atoms. The van der Waals surface area contributed by atoms with Gasteiger partial charge < -0.3 is 14.9 Å². The molecule has 0 aliphatic carbocycles. The topological polar surface area (TPSA) is 77.9 Å². The van der Waals surface area contributed by atoms with Crippen LogP contribution in [-0.2, 0) is 9.59 Å². The lowest BCUT2D eigenvalue weighted by atomic mass is 9.90. The van der Waals surface area contributed by atoms with Crippen molar-refractivity contribution >= 4 is 17.8 Å². The fourth-order valence-corrected chi connectivity index (χ4v) is 4.22. The van der Waals surface area contributed by atoms with Gasteiger partial charge in [0, 0.05) is 44.9 Å². The number of nitrogens with zero attached hydrogens (tertiary/aromatic N) is 2. The van der Waals surface area contributed by atoms with Crippen LogP contribution >= 0.6 is 0 Å². The third kappa shape index (κ3) is 5.33. The third-order valence-corrected chi connectivity index (χ3v) is 5.91. The van der Waals surface area contributed by atoms with Crippen LogP contribution in [0.1, 0.15) is 73.2 Å². The summed E-state index contributed by atoms with van der Waals surface area (Å²) in [6.45, 7) is 3.03. The molecular weight excluding hydrogens is 356 g/mol. The molecule has 3 rings (SSSR count). The Hall–Kier alpha value is -2.37. The number of hydrogen-bond acceptors (Lipinski definition) is 3. The van der Waals surface area contributed by atoms with Crippen LogP contribution in [0.15, 0.2) is 24.3 Å². The fourth-order valence-electron chi connectivity index (χ4n) is 4.22. The Labute approximate surface area is 166 Å². The van der Waals surface area contributed by atoms with Crippen LogP contribution in [0.2, 0.25) is 0 Å². The van der Waals surface area contributed by atoms with E-state index in [0.29, 0.717) is 13.0 Å². The number of hydrogen-bond donors (Lipinski definition) is 1. The maximum absolute atomic E-state index is 12.7. The van der Waals surface area contributed by atoms with Gasteiger partial charge in [0.05, 0.1) is 5.56 Å². The number of carboxylic acid groups (broad SMARTS) is 1. The van der Waals surface area contributed by atoms with E-state index in [4.69, 9.17) is 5.11 Å². The Kier molecular flexibility index (Phi) is 7.06. The van der Waals surface area contributed by atoms with Gasteiger partial charge in [-0.25, -0.2) is 4.79 Å². The van der Waals surface area contributed by atoms with Gasteiger partial charge in [0.25, 0.3) is 0 Å². The molecule has 152 valence electrons. The quantitative estimate of drug-likeness (QED) is 0.842. The van der Waals surface area contributed by atoms with Crippen LogP contribution in [0.25, 0.3) is 0 Å². The minimum Gasteiger partial charge on any atom is -0.478 e. The number of aromatic carboxylic acids is 1. The molecule has 0 radical (unpaired) electrons. The first-order chi connectivity index (χ1) is 13.5. The van der Waals surface area contributed by atoms with Crippen molar-refractivity contribution in [3.63, 3.8) is 0 Å². The summed E-state index contributed by atoms with van der Waals surface area (Å²) in [5.41, 5.74) is 1.35. The summed E-state index contributed by atoms with van der Waals surface area (Å²) in [7, 11) is 0. The summed E-state index contributed by atoms with van der Waals surface area (Å²) in [6, 6.07) is 6.95. The molecule has 0 spiro atoms. The molecule has 6 heteroatoms. The lowest BCUT2D eigenvalue weighted by Gasteiger charge is -2.33. The van der Waals surface area contributed by atoms with Crippen LogP contribution in [0, 0.1) is 0 Å². The zero-order chi connectivity index (χ0) is 19.9. The minimum atomic E-state index is -0.930. The molecule has 2 amide bonds. The van der Waals surface area contributed by atoms with Crippen molar-refractivity contribution in [1.29, 1.82) is 0 Å². The Bertz CT molecular complexity index is 693. The summed E-state index contributed by atoms with van der Waals surface area (Å²) >= 11 is 0. The second-order valence-corrected chi connectivity index (χ2v) is 7.90. The predicted octanol–water partition coefficient (Wildman–Crippen LogP) is 3.27. The Morgan fingerprint density at radius 1 is 0.821 bits per heavy atom. The molecule has 0 aromatic heterocycles. The molecule has 0 saturated carbocycles. The maximum Gasteiger partial charge on any atom is 0.335 e. The smallest absolute Gasteiger partial charge is 0.335 e. The summed E-state index contributed by atoms with van der Waals surface area (Å²) in [5, 5.41) is 9.03. The van der Waals surface area contributed by atoms with Gasteiger partial charge in [0.2, 0.25) is 11.8 Å². The van der Waals surface area contributed by atoms with E-state index in [0.717, 1.165) is 50.9 Å². The van der Waals surface area contributed by atoms with E-state index in [-0.39, 0.29) is 29.7 Å². The van der Waals surface area contributed by atoms with E-state index in [2.05, 4.69) is 0 Å². The number of carbonyl (C=O) groups is 3. The minimum absolute atomic E-state index is 0.0510. The summed E-state index contributed by atoms with van der Waals surface area (Å²) in [5.74, 6) is -0.550. The van der Waals surface area contributed by atoms with Crippen LogP contribution in [0.5, 0.6) is 0 Å². The van der Waals surface area contributed by atoms with Gasteiger partial charge >= 0.3 is 5.97 Å². The summed E-state index contributed by atoms with van der Waals surface area (Å²) in [4.78, 5) is 39.9. The Balaban J connectivity index is 1.51. The summed E-state index contributed by atoms with van der Waals surface area (Å²) in [6.07, 6.45) is 6.99. The molecule has 6 nitrogen and oxygen atoms in total. The van der Waals surface area contributed by atoms with E-state index in [9.17, 15) is 14.4 Å². The normalized spacial score (nSPS) is 20.5. The molecule has 1 aromatic rings. The van der Waals surface area contributed by atoms with Crippen molar-refractivity contribution in [3.8, 4) is 0 Å². The molecular formula is C22H30N2O4. The van der Waals surface area contributed by atoms with Crippen molar-refractivity contribution in [2.45, 2.75) is 57.3 Å². The molecule has 0 unspecified atom stereocenters. The van der Waals surface area contributed by atoms with E-state index < -0.39 is 5.97 Å². The van der Waals surface area contributed by atoms with Gasteiger partial charge in [-0.05, 0) is 43.4 Å². The fraction of sp³-hybridized carbons (Fsp3) is 0.591. The Morgan fingerprint density at radius 2 is 1.39 bits per heavy atom. The first kappa shape index (κ1) is 20.4. The van der Waals surface area contributed by atoms with Crippen molar-refractivity contribution in [2.24, 2.45) is 0 Å². The van der Waals surface area contributed by atoms with Crippen LogP contribution in [0.4, 0.5) is 0 Å². The lowest BCUT2D eigenvalue weighted by Crippen LogP contribution is -2.40. The van der Waals surface area contributed by atoms with Gasteiger partial charge in [0.1, 0.15) is 0 Å². The van der Waals surface area contributed by atoms with E-state index in [1.165, 1.54) is 12.8 Å². The SMILES string of the molecule is O=C(O)c1ccc([C@@H]2CCCN(C(=O)CCC(=O)N3CCCCCC3)C2)cc1. The molecule has 2 aliphatic heterocycles. The molecule has 1 atom stereocenters. The molecule has 2 fully saturated rings. The predicted molar refractivity (Wildman–Crippen MR) is 106 cm³/mol. The highest BCUT2D eigenvalue weighted by atomic mass is 16.4. The number of rotatable bonds is 5. The molecule has 28 heavy (non-hydrogen) atoms. The van der Waals surface area contributed by atoms with Gasteiger partial charge in [-0.15, -0.1) is 0 Å². The second kappa shape index (κ2) is 9.71. The summed E-state index contributed by atoms with van der Waals surface area (Å²) < 4.78 is 0. The van der Waals surface area contributed by atoms with Crippen LogP contribution in [0.3, 0.4) is 0 Å². The highest BCUT2D eigenvalue weighted by Crippen LogP contribution is 2.27. The zero-order valence-corrected chi connectivity index (χ0v) is 16.4. The highest BCUT2D eigenvalue weighted by molar-refractivity contribution is 5.87. The Morgan fingerprint density at radius 3 is 2.00 bits per heavy atom. The molecule has 1 aromatic carbocycles. The first-order valence-electron chi connectivity index (χ1n) is 10.4. The van der Waals surface area contributed by atoms with Crippen molar-refractivity contribution in [2.75, 3.05) is 26.2 Å². The maximum atomic E-state index is 12.7. The number of amides is 2. The number of carboxylic acids is 1. The lowest BCUT2D eigenvalue weighted by molar-refractivity contribution is -0.137. The molecule has 2 saturated heterocycles. The van der Waals surface area contributed by atoms with Gasteiger partial charge in [-0.1, -0.05) is 25.0 Å². The first-order valence-corrected chi connectivity index (χ1v) is 10.4. The second-order valence-electron chi connectivity index (χ2n) is 7.90. The van der Waals surface area contributed by atoms with E-state index in [1.807, 2.05) is 21.9 Å². The molecule has 2 aliphatic rings. The highest BCUT2D eigenvalue weighted by Gasteiger charge is 2.26. The number of piperidine rings is 1. The van der Waals surface area contributed by atoms with Crippen LogP contribution in [-0.4, -0.2) is 58.9 Å². The van der Waals surface area contributed by atoms with E-state index >= 15 is 0 Å². The van der Waals surface area contributed by atoms with Crippen LogP contribution < -0.4 is 0 Å². The number of carbonyl (C=O) groups excluding carboxylic acids is 2. The average molecular weight is 386 g/mol. The molecule has 1 N–H and O–H groups in total. The monoisotopic (exact) mass is 386 g/mol.